The zero-order chi connectivity index (χ0) is 12.3. The summed E-state index contributed by atoms with van der Waals surface area (Å²) in [6.07, 6.45) is -0.477. The molecular weight excluding hydrogens is 228 g/mol. The lowest BCUT2D eigenvalue weighted by molar-refractivity contribution is 0.131. The van der Waals surface area contributed by atoms with E-state index in [0.717, 1.165) is 11.1 Å². The second kappa shape index (κ2) is 5.53. The highest BCUT2D eigenvalue weighted by Gasteiger charge is 2.19. The molecule has 1 aromatic rings. The van der Waals surface area contributed by atoms with Gasteiger partial charge in [-0.3, -0.25) is 0 Å². The topological polar surface area (TPSA) is 49.7 Å². The van der Waals surface area contributed by atoms with Gasteiger partial charge in [0.1, 0.15) is 5.75 Å². The largest absolute Gasteiger partial charge is 0.496 e. The predicted molar refractivity (Wildman–Crippen MR) is 64.1 cm³/mol. The first-order valence-corrected chi connectivity index (χ1v) is 5.53. The lowest BCUT2D eigenvalue weighted by Gasteiger charge is -2.19. The standard InChI is InChI=1S/C12H17ClO3/c1-7-6-10(16-3)11(8(2)12(7)13)9(15)4-5-14/h6,9,14-15H,4-5H2,1-3H3. The first kappa shape index (κ1) is 13.3. The van der Waals surface area contributed by atoms with Crippen LogP contribution in [0.2, 0.25) is 5.02 Å². The van der Waals surface area contributed by atoms with Crippen LogP contribution in [0.4, 0.5) is 0 Å². The molecule has 0 saturated heterocycles. The third-order valence-corrected chi connectivity index (χ3v) is 3.23. The van der Waals surface area contributed by atoms with Crippen molar-refractivity contribution in [3.63, 3.8) is 0 Å². The molecule has 0 aliphatic rings. The van der Waals surface area contributed by atoms with E-state index < -0.39 is 6.10 Å². The van der Waals surface area contributed by atoms with Gasteiger partial charge in [0.2, 0.25) is 0 Å². The molecule has 0 bridgehead atoms. The summed E-state index contributed by atoms with van der Waals surface area (Å²) in [5.41, 5.74) is 2.38. The van der Waals surface area contributed by atoms with Crippen LogP contribution in [0.25, 0.3) is 0 Å². The van der Waals surface area contributed by atoms with Gasteiger partial charge in [-0.15, -0.1) is 0 Å². The molecule has 0 aromatic heterocycles. The maximum atomic E-state index is 9.93. The number of hydrogen-bond acceptors (Lipinski definition) is 3. The molecule has 0 aliphatic carbocycles. The molecule has 0 saturated carbocycles. The Morgan fingerprint density at radius 2 is 2.06 bits per heavy atom. The minimum Gasteiger partial charge on any atom is -0.496 e. The fourth-order valence-electron chi connectivity index (χ4n) is 1.79. The Bertz CT molecular complexity index is 377. The molecule has 0 spiro atoms. The summed E-state index contributed by atoms with van der Waals surface area (Å²) in [5.74, 6) is 0.611. The highest BCUT2D eigenvalue weighted by molar-refractivity contribution is 6.32. The Labute approximate surface area is 101 Å². The van der Waals surface area contributed by atoms with Crippen molar-refractivity contribution in [1.29, 1.82) is 0 Å². The average Bonchev–Trinajstić information content (AvgIpc) is 2.25. The van der Waals surface area contributed by atoms with E-state index in [1.165, 1.54) is 0 Å². The SMILES string of the molecule is COc1cc(C)c(Cl)c(C)c1C(O)CCO. The van der Waals surface area contributed by atoms with Gasteiger partial charge in [0.25, 0.3) is 0 Å². The Morgan fingerprint density at radius 1 is 1.44 bits per heavy atom. The molecule has 3 nitrogen and oxygen atoms in total. The zero-order valence-electron chi connectivity index (χ0n) is 9.75. The van der Waals surface area contributed by atoms with E-state index in [2.05, 4.69) is 0 Å². The number of rotatable bonds is 4. The van der Waals surface area contributed by atoms with Gasteiger partial charge in [-0.05, 0) is 31.0 Å². The summed E-state index contributed by atoms with van der Waals surface area (Å²) in [5, 5.41) is 19.4. The fraction of sp³-hybridized carbons (Fsp3) is 0.500. The van der Waals surface area contributed by atoms with Crippen LogP contribution in [0.15, 0.2) is 6.07 Å². The van der Waals surface area contributed by atoms with Crippen molar-refractivity contribution in [1.82, 2.24) is 0 Å². The number of benzene rings is 1. The molecule has 0 heterocycles. The molecule has 1 aromatic carbocycles. The van der Waals surface area contributed by atoms with Crippen molar-refractivity contribution in [2.24, 2.45) is 0 Å². The van der Waals surface area contributed by atoms with Gasteiger partial charge in [-0.2, -0.15) is 0 Å². The first-order chi connectivity index (χ1) is 7.52. The Balaban J connectivity index is 3.29. The molecular formula is C12H17ClO3. The maximum Gasteiger partial charge on any atom is 0.125 e. The summed E-state index contributed by atoms with van der Waals surface area (Å²) in [6, 6.07) is 1.80. The molecule has 0 amide bonds. The highest BCUT2D eigenvalue weighted by atomic mass is 35.5. The van der Waals surface area contributed by atoms with E-state index in [1.54, 1.807) is 13.2 Å². The van der Waals surface area contributed by atoms with Crippen molar-refractivity contribution < 1.29 is 14.9 Å². The third-order valence-electron chi connectivity index (χ3n) is 2.65. The Kier molecular flexibility index (Phi) is 4.59. The van der Waals surface area contributed by atoms with E-state index >= 15 is 0 Å². The van der Waals surface area contributed by atoms with Crippen molar-refractivity contribution >= 4 is 11.6 Å². The second-order valence-corrected chi connectivity index (χ2v) is 4.15. The van der Waals surface area contributed by atoms with Gasteiger partial charge in [0, 0.05) is 23.6 Å². The molecule has 0 aliphatic heterocycles. The lowest BCUT2D eigenvalue weighted by Crippen LogP contribution is -2.06. The van der Waals surface area contributed by atoms with E-state index in [9.17, 15) is 5.11 Å². The quantitative estimate of drug-likeness (QED) is 0.855. The third kappa shape index (κ3) is 2.48. The van der Waals surface area contributed by atoms with Crippen LogP contribution in [-0.2, 0) is 0 Å². The van der Waals surface area contributed by atoms with Crippen molar-refractivity contribution in [3.8, 4) is 5.75 Å². The molecule has 16 heavy (non-hydrogen) atoms. The number of aliphatic hydroxyl groups is 2. The van der Waals surface area contributed by atoms with E-state index in [1.807, 2.05) is 13.8 Å². The normalized spacial score (nSPS) is 12.6. The number of aryl methyl sites for hydroxylation is 1. The number of methoxy groups -OCH3 is 1. The monoisotopic (exact) mass is 244 g/mol. The fourth-order valence-corrected chi connectivity index (χ4v) is 1.94. The van der Waals surface area contributed by atoms with E-state index in [0.29, 0.717) is 16.3 Å². The van der Waals surface area contributed by atoms with E-state index in [-0.39, 0.29) is 13.0 Å². The van der Waals surface area contributed by atoms with Crippen LogP contribution in [0.1, 0.15) is 29.2 Å². The van der Waals surface area contributed by atoms with Gasteiger partial charge in [0.15, 0.2) is 0 Å². The van der Waals surface area contributed by atoms with Crippen LogP contribution in [0.3, 0.4) is 0 Å². The zero-order valence-corrected chi connectivity index (χ0v) is 10.5. The average molecular weight is 245 g/mol. The van der Waals surface area contributed by atoms with Gasteiger partial charge < -0.3 is 14.9 Å². The van der Waals surface area contributed by atoms with Gasteiger partial charge in [-0.25, -0.2) is 0 Å². The van der Waals surface area contributed by atoms with Crippen LogP contribution in [0.5, 0.6) is 5.75 Å². The summed E-state index contributed by atoms with van der Waals surface area (Å²) >= 11 is 6.13. The molecule has 2 N–H and O–H groups in total. The number of halogens is 1. The number of hydrogen-bond donors (Lipinski definition) is 2. The van der Waals surface area contributed by atoms with Gasteiger partial charge >= 0.3 is 0 Å². The Hall–Kier alpha value is -0.770. The molecule has 0 fully saturated rings. The molecule has 1 unspecified atom stereocenters. The first-order valence-electron chi connectivity index (χ1n) is 5.15. The molecule has 90 valence electrons. The molecule has 0 radical (unpaired) electrons. The summed E-state index contributed by atoms with van der Waals surface area (Å²) in [4.78, 5) is 0. The summed E-state index contributed by atoms with van der Waals surface area (Å²) in [6.45, 7) is 3.66. The second-order valence-electron chi connectivity index (χ2n) is 3.78. The minimum atomic E-state index is -0.752. The van der Waals surface area contributed by atoms with E-state index in [4.69, 9.17) is 21.4 Å². The Morgan fingerprint density at radius 3 is 2.56 bits per heavy atom. The van der Waals surface area contributed by atoms with Crippen molar-refractivity contribution in [2.45, 2.75) is 26.4 Å². The predicted octanol–water partition coefficient (Wildman–Crippen LogP) is 2.38. The van der Waals surface area contributed by atoms with Crippen LogP contribution in [0, 0.1) is 13.8 Å². The van der Waals surface area contributed by atoms with Crippen LogP contribution in [-0.4, -0.2) is 23.9 Å². The number of aliphatic hydroxyl groups excluding tert-OH is 2. The summed E-state index contributed by atoms with van der Waals surface area (Å²) in [7, 11) is 1.55. The van der Waals surface area contributed by atoms with Gasteiger partial charge in [-0.1, -0.05) is 11.6 Å². The maximum absolute atomic E-state index is 9.93. The minimum absolute atomic E-state index is 0.0742. The number of ether oxygens (including phenoxy) is 1. The smallest absolute Gasteiger partial charge is 0.125 e. The molecule has 4 heteroatoms. The highest BCUT2D eigenvalue weighted by Crippen LogP contribution is 2.36. The lowest BCUT2D eigenvalue weighted by atomic mass is 9.98. The van der Waals surface area contributed by atoms with Crippen molar-refractivity contribution in [2.75, 3.05) is 13.7 Å². The van der Waals surface area contributed by atoms with Crippen molar-refractivity contribution in [3.05, 3.63) is 27.8 Å². The summed E-state index contributed by atoms with van der Waals surface area (Å²) < 4.78 is 5.23. The molecule has 1 atom stereocenters. The van der Waals surface area contributed by atoms with Crippen LogP contribution < -0.4 is 4.74 Å². The van der Waals surface area contributed by atoms with Gasteiger partial charge in [0.05, 0.1) is 13.2 Å². The van der Waals surface area contributed by atoms with Crippen LogP contribution >= 0.6 is 11.6 Å². The molecule has 1 rings (SSSR count).